The van der Waals surface area contributed by atoms with Crippen molar-refractivity contribution in [3.8, 4) is 0 Å². The van der Waals surface area contributed by atoms with Crippen LogP contribution in [0.5, 0.6) is 0 Å². The fraction of sp³-hybridized carbons (Fsp3) is 0.182. The average Bonchev–Trinajstić information content (AvgIpc) is 2.35. The molecule has 0 aliphatic carbocycles. The van der Waals surface area contributed by atoms with Crippen molar-refractivity contribution in [1.82, 2.24) is 9.88 Å². The van der Waals surface area contributed by atoms with Crippen LogP contribution in [0, 0.1) is 0 Å². The maximum atomic E-state index is 12.1. The first-order valence-corrected chi connectivity index (χ1v) is 5.05. The van der Waals surface area contributed by atoms with Gasteiger partial charge in [0.2, 0.25) is 0 Å². The van der Waals surface area contributed by atoms with Crippen molar-refractivity contribution in [2.45, 2.75) is 6.92 Å². The molecular formula is C11H14N4O2. The van der Waals surface area contributed by atoms with Gasteiger partial charge in [-0.05, 0) is 19.1 Å². The lowest BCUT2D eigenvalue weighted by Crippen LogP contribution is -2.36. The quantitative estimate of drug-likeness (QED) is 0.706. The lowest BCUT2D eigenvalue weighted by molar-refractivity contribution is -0.115. The molecule has 2 amide bonds. The van der Waals surface area contributed by atoms with E-state index in [0.29, 0.717) is 12.1 Å². The minimum atomic E-state index is -0.739. The van der Waals surface area contributed by atoms with Gasteiger partial charge >= 0.3 is 0 Å². The van der Waals surface area contributed by atoms with Crippen LogP contribution in [0.15, 0.2) is 36.4 Å². The van der Waals surface area contributed by atoms with Crippen LogP contribution < -0.4 is 11.5 Å². The van der Waals surface area contributed by atoms with Crippen molar-refractivity contribution in [3.63, 3.8) is 0 Å². The molecule has 0 unspecified atom stereocenters. The molecule has 1 aromatic rings. The van der Waals surface area contributed by atoms with Gasteiger partial charge in [0.1, 0.15) is 5.70 Å². The molecule has 0 bridgehead atoms. The Balaban J connectivity index is 3.04. The number of aromatic nitrogens is 1. The molecule has 0 aliphatic heterocycles. The topological polar surface area (TPSA) is 102 Å². The summed E-state index contributed by atoms with van der Waals surface area (Å²) in [6.07, 6.45) is 4.03. The third-order valence-electron chi connectivity index (χ3n) is 2.19. The predicted molar refractivity (Wildman–Crippen MR) is 62.4 cm³/mol. The number of likely N-dealkylation sites (N-methyl/N-ethyl adjacent to an activating group) is 1. The maximum absolute atomic E-state index is 12.1. The van der Waals surface area contributed by atoms with E-state index in [1.54, 1.807) is 19.1 Å². The van der Waals surface area contributed by atoms with Gasteiger partial charge in [-0.25, -0.2) is 0 Å². The summed E-state index contributed by atoms with van der Waals surface area (Å²) in [5, 5.41) is 0. The van der Waals surface area contributed by atoms with Crippen LogP contribution in [0.25, 0.3) is 0 Å². The fourth-order valence-electron chi connectivity index (χ4n) is 1.38. The number of hydrogen-bond acceptors (Lipinski definition) is 4. The van der Waals surface area contributed by atoms with Gasteiger partial charge in [-0.2, -0.15) is 0 Å². The number of nitrogens with zero attached hydrogens (tertiary/aromatic N) is 2. The number of rotatable bonds is 4. The molecule has 0 saturated carbocycles. The van der Waals surface area contributed by atoms with Crippen molar-refractivity contribution in [1.29, 1.82) is 0 Å². The van der Waals surface area contributed by atoms with Crippen LogP contribution in [-0.4, -0.2) is 28.2 Å². The van der Waals surface area contributed by atoms with Crippen LogP contribution in [0.1, 0.15) is 17.3 Å². The van der Waals surface area contributed by atoms with Crippen molar-refractivity contribution in [2.75, 3.05) is 6.54 Å². The minimum Gasteiger partial charge on any atom is -0.403 e. The Kier molecular flexibility index (Phi) is 4.21. The number of primary amides is 1. The van der Waals surface area contributed by atoms with E-state index in [0.717, 1.165) is 6.20 Å². The molecular weight excluding hydrogens is 220 g/mol. The lowest BCUT2D eigenvalue weighted by Gasteiger charge is -2.21. The van der Waals surface area contributed by atoms with E-state index in [4.69, 9.17) is 11.5 Å². The summed E-state index contributed by atoms with van der Waals surface area (Å²) < 4.78 is 0. The SMILES string of the molecule is CCN(C(=O)c1ccncc1)C(=CN)C(N)=O. The Hall–Kier alpha value is -2.37. The molecule has 17 heavy (non-hydrogen) atoms. The highest BCUT2D eigenvalue weighted by Crippen LogP contribution is 2.09. The molecule has 0 saturated heterocycles. The summed E-state index contributed by atoms with van der Waals surface area (Å²) in [6, 6.07) is 3.11. The van der Waals surface area contributed by atoms with E-state index < -0.39 is 5.91 Å². The molecule has 1 aromatic heterocycles. The summed E-state index contributed by atoms with van der Waals surface area (Å²) in [5.74, 6) is -1.08. The third-order valence-corrected chi connectivity index (χ3v) is 2.19. The highest BCUT2D eigenvalue weighted by molar-refractivity contribution is 6.02. The Morgan fingerprint density at radius 1 is 1.41 bits per heavy atom. The average molecular weight is 234 g/mol. The molecule has 1 heterocycles. The van der Waals surface area contributed by atoms with Crippen LogP contribution in [-0.2, 0) is 4.79 Å². The standard InChI is InChI=1S/C11H14N4O2/c1-2-15(9(7-12)10(13)16)11(17)8-3-5-14-6-4-8/h3-7H,2,12H2,1H3,(H2,13,16). The second kappa shape index (κ2) is 5.64. The van der Waals surface area contributed by atoms with Crippen molar-refractivity contribution < 1.29 is 9.59 Å². The van der Waals surface area contributed by atoms with Gasteiger partial charge in [0.25, 0.3) is 11.8 Å². The largest absolute Gasteiger partial charge is 0.403 e. The second-order valence-corrected chi connectivity index (χ2v) is 3.20. The Bertz CT molecular complexity index is 442. The first-order valence-electron chi connectivity index (χ1n) is 5.05. The van der Waals surface area contributed by atoms with E-state index in [1.807, 2.05) is 0 Å². The van der Waals surface area contributed by atoms with E-state index in [9.17, 15) is 9.59 Å². The Morgan fingerprint density at radius 2 is 2.00 bits per heavy atom. The number of pyridine rings is 1. The Labute approximate surface area is 98.9 Å². The zero-order valence-corrected chi connectivity index (χ0v) is 9.46. The van der Waals surface area contributed by atoms with E-state index >= 15 is 0 Å². The van der Waals surface area contributed by atoms with Crippen LogP contribution in [0.3, 0.4) is 0 Å². The smallest absolute Gasteiger partial charge is 0.266 e. The molecule has 0 fully saturated rings. The van der Waals surface area contributed by atoms with Crippen LogP contribution >= 0.6 is 0 Å². The number of carbonyl (C=O) groups excluding carboxylic acids is 2. The number of hydrogen-bond donors (Lipinski definition) is 2. The molecule has 0 aromatic carbocycles. The molecule has 0 aliphatic rings. The summed E-state index contributed by atoms with van der Waals surface area (Å²) in [6.45, 7) is 2.03. The Morgan fingerprint density at radius 3 is 2.41 bits per heavy atom. The first kappa shape index (κ1) is 12.7. The summed E-state index contributed by atoms with van der Waals surface area (Å²) >= 11 is 0. The van der Waals surface area contributed by atoms with Gasteiger partial charge in [-0.15, -0.1) is 0 Å². The molecule has 0 spiro atoms. The molecule has 1 rings (SSSR count). The van der Waals surface area contributed by atoms with Gasteiger partial charge in [-0.1, -0.05) is 0 Å². The first-order chi connectivity index (χ1) is 8.11. The summed E-state index contributed by atoms with van der Waals surface area (Å²) in [7, 11) is 0. The van der Waals surface area contributed by atoms with E-state index in [1.165, 1.54) is 17.3 Å². The van der Waals surface area contributed by atoms with E-state index in [-0.39, 0.29) is 11.6 Å². The monoisotopic (exact) mass is 234 g/mol. The van der Waals surface area contributed by atoms with E-state index in [2.05, 4.69) is 4.98 Å². The van der Waals surface area contributed by atoms with Gasteiger partial charge in [0.15, 0.2) is 0 Å². The molecule has 6 nitrogen and oxygen atoms in total. The number of amides is 2. The molecule has 90 valence electrons. The lowest BCUT2D eigenvalue weighted by atomic mass is 10.2. The highest BCUT2D eigenvalue weighted by atomic mass is 16.2. The number of nitrogens with two attached hydrogens (primary N) is 2. The molecule has 6 heteroatoms. The summed E-state index contributed by atoms with van der Waals surface area (Å²) in [5.41, 5.74) is 10.8. The van der Waals surface area contributed by atoms with Crippen LogP contribution in [0.4, 0.5) is 0 Å². The number of carbonyl (C=O) groups is 2. The van der Waals surface area contributed by atoms with Crippen molar-refractivity contribution in [3.05, 3.63) is 42.0 Å². The predicted octanol–water partition coefficient (Wildman–Crippen LogP) is -0.171. The molecule has 0 radical (unpaired) electrons. The summed E-state index contributed by atoms with van der Waals surface area (Å²) in [4.78, 5) is 28.2. The third kappa shape index (κ3) is 2.81. The normalized spacial score (nSPS) is 11.0. The second-order valence-electron chi connectivity index (χ2n) is 3.20. The highest BCUT2D eigenvalue weighted by Gasteiger charge is 2.21. The zero-order chi connectivity index (χ0) is 12.8. The van der Waals surface area contributed by atoms with Crippen LogP contribution in [0.2, 0.25) is 0 Å². The van der Waals surface area contributed by atoms with Crippen molar-refractivity contribution in [2.24, 2.45) is 11.5 Å². The van der Waals surface area contributed by atoms with Crippen molar-refractivity contribution >= 4 is 11.8 Å². The zero-order valence-electron chi connectivity index (χ0n) is 9.46. The fourth-order valence-corrected chi connectivity index (χ4v) is 1.38. The minimum absolute atomic E-state index is 0.0192. The van der Waals surface area contributed by atoms with Gasteiger partial charge in [0, 0.05) is 30.7 Å². The molecule has 0 atom stereocenters. The maximum Gasteiger partial charge on any atom is 0.266 e. The van der Waals surface area contributed by atoms with Gasteiger partial charge in [-0.3, -0.25) is 14.6 Å². The molecule has 4 N–H and O–H groups in total. The van der Waals surface area contributed by atoms with Gasteiger partial charge < -0.3 is 16.4 Å². The van der Waals surface area contributed by atoms with Gasteiger partial charge in [0.05, 0.1) is 0 Å².